The molecule has 3 N–H and O–H groups in total. The SMILES string of the molecule is O=C(Nc1ccc2[nH]ccc2c1)c1cncc(O)c1. The van der Waals surface area contributed by atoms with E-state index in [9.17, 15) is 9.90 Å². The fraction of sp³-hybridized carbons (Fsp3) is 0. The molecule has 0 bridgehead atoms. The first-order chi connectivity index (χ1) is 9.22. The van der Waals surface area contributed by atoms with Crippen LogP contribution in [0.25, 0.3) is 10.9 Å². The average molecular weight is 253 g/mol. The number of hydrogen-bond acceptors (Lipinski definition) is 3. The maximum atomic E-state index is 12.0. The normalized spacial score (nSPS) is 10.5. The van der Waals surface area contributed by atoms with Crippen LogP contribution >= 0.6 is 0 Å². The molecule has 0 spiro atoms. The third-order valence-corrected chi connectivity index (χ3v) is 2.80. The van der Waals surface area contributed by atoms with E-state index in [0.29, 0.717) is 11.3 Å². The van der Waals surface area contributed by atoms with Crippen LogP contribution in [0.5, 0.6) is 5.75 Å². The number of aromatic nitrogens is 2. The standard InChI is InChI=1S/C14H11N3O2/c18-12-6-10(7-15-8-12)14(19)17-11-1-2-13-9(5-11)3-4-16-13/h1-8,16,18H,(H,17,19). The number of carbonyl (C=O) groups excluding carboxylic acids is 1. The number of hydrogen-bond donors (Lipinski definition) is 3. The van der Waals surface area contributed by atoms with Crippen molar-refractivity contribution in [2.75, 3.05) is 5.32 Å². The summed E-state index contributed by atoms with van der Waals surface area (Å²) in [6.45, 7) is 0. The summed E-state index contributed by atoms with van der Waals surface area (Å²) in [5.74, 6) is -0.341. The summed E-state index contributed by atoms with van der Waals surface area (Å²) in [5.41, 5.74) is 2.02. The summed E-state index contributed by atoms with van der Waals surface area (Å²) in [5, 5.41) is 13.1. The zero-order valence-corrected chi connectivity index (χ0v) is 9.92. The number of H-pyrrole nitrogens is 1. The van der Waals surface area contributed by atoms with E-state index in [0.717, 1.165) is 10.9 Å². The van der Waals surface area contributed by atoms with Crippen LogP contribution in [0.4, 0.5) is 5.69 Å². The van der Waals surface area contributed by atoms with Gasteiger partial charge >= 0.3 is 0 Å². The third kappa shape index (κ3) is 2.26. The first-order valence-electron chi connectivity index (χ1n) is 5.75. The number of carbonyl (C=O) groups is 1. The molecular weight excluding hydrogens is 242 g/mol. The first-order valence-corrected chi connectivity index (χ1v) is 5.75. The van der Waals surface area contributed by atoms with Crippen molar-refractivity contribution in [2.45, 2.75) is 0 Å². The van der Waals surface area contributed by atoms with Gasteiger partial charge in [0.25, 0.3) is 5.91 Å². The van der Waals surface area contributed by atoms with Gasteiger partial charge in [-0.2, -0.15) is 0 Å². The minimum atomic E-state index is -0.307. The summed E-state index contributed by atoms with van der Waals surface area (Å²) >= 11 is 0. The molecule has 19 heavy (non-hydrogen) atoms. The second-order valence-corrected chi connectivity index (χ2v) is 4.17. The van der Waals surface area contributed by atoms with E-state index in [2.05, 4.69) is 15.3 Å². The maximum Gasteiger partial charge on any atom is 0.257 e. The fourth-order valence-corrected chi connectivity index (χ4v) is 1.89. The minimum Gasteiger partial charge on any atom is -0.506 e. The van der Waals surface area contributed by atoms with E-state index in [-0.39, 0.29) is 11.7 Å². The second kappa shape index (κ2) is 4.45. The molecule has 1 aromatic carbocycles. The molecule has 0 aliphatic heterocycles. The Bertz CT molecular complexity index is 749. The Morgan fingerprint density at radius 2 is 2.11 bits per heavy atom. The monoisotopic (exact) mass is 253 g/mol. The van der Waals surface area contributed by atoms with Crippen molar-refractivity contribution in [1.29, 1.82) is 0 Å². The van der Waals surface area contributed by atoms with Gasteiger partial charge in [-0.3, -0.25) is 9.78 Å². The molecule has 94 valence electrons. The highest BCUT2D eigenvalue weighted by Gasteiger charge is 2.07. The number of anilines is 1. The van der Waals surface area contributed by atoms with Gasteiger partial charge < -0.3 is 15.4 Å². The molecule has 0 saturated carbocycles. The Morgan fingerprint density at radius 1 is 1.21 bits per heavy atom. The Hall–Kier alpha value is -2.82. The Labute approximate surface area is 108 Å². The Kier molecular flexibility index (Phi) is 2.64. The summed E-state index contributed by atoms with van der Waals surface area (Å²) in [4.78, 5) is 18.8. The minimum absolute atomic E-state index is 0.0336. The van der Waals surface area contributed by atoms with Crippen LogP contribution in [0.15, 0.2) is 48.9 Å². The number of fused-ring (bicyclic) bond motifs is 1. The molecule has 5 heteroatoms. The first kappa shape index (κ1) is 11.3. The van der Waals surface area contributed by atoms with E-state index in [4.69, 9.17) is 0 Å². The molecule has 2 heterocycles. The van der Waals surface area contributed by atoms with Crippen LogP contribution in [0.3, 0.4) is 0 Å². The highest BCUT2D eigenvalue weighted by molar-refractivity contribution is 6.05. The van der Waals surface area contributed by atoms with Gasteiger partial charge in [-0.15, -0.1) is 0 Å². The molecule has 1 amide bonds. The summed E-state index contributed by atoms with van der Waals surface area (Å²) in [6, 6.07) is 8.89. The fourth-order valence-electron chi connectivity index (χ4n) is 1.89. The number of amides is 1. The van der Waals surface area contributed by atoms with E-state index < -0.39 is 0 Å². The van der Waals surface area contributed by atoms with Crippen molar-refractivity contribution in [3.8, 4) is 5.75 Å². The molecule has 3 rings (SSSR count). The summed E-state index contributed by atoms with van der Waals surface area (Å²) in [6.07, 6.45) is 4.53. The van der Waals surface area contributed by atoms with Gasteiger partial charge in [0.2, 0.25) is 0 Å². The molecule has 0 saturated heterocycles. The molecule has 2 aromatic heterocycles. The van der Waals surface area contributed by atoms with Gasteiger partial charge in [0.1, 0.15) is 5.75 Å². The maximum absolute atomic E-state index is 12.0. The molecule has 0 atom stereocenters. The van der Waals surface area contributed by atoms with Crippen LogP contribution in [0.1, 0.15) is 10.4 Å². The van der Waals surface area contributed by atoms with E-state index in [1.54, 1.807) is 0 Å². The molecular formula is C14H11N3O2. The lowest BCUT2D eigenvalue weighted by Crippen LogP contribution is -2.11. The zero-order chi connectivity index (χ0) is 13.2. The van der Waals surface area contributed by atoms with E-state index >= 15 is 0 Å². The van der Waals surface area contributed by atoms with Crippen molar-refractivity contribution < 1.29 is 9.90 Å². The Balaban J connectivity index is 1.86. The van der Waals surface area contributed by atoms with Crippen molar-refractivity contribution in [2.24, 2.45) is 0 Å². The molecule has 0 unspecified atom stereocenters. The van der Waals surface area contributed by atoms with Gasteiger partial charge in [-0.05, 0) is 30.3 Å². The lowest BCUT2D eigenvalue weighted by Gasteiger charge is -2.05. The summed E-state index contributed by atoms with van der Waals surface area (Å²) in [7, 11) is 0. The third-order valence-electron chi connectivity index (χ3n) is 2.80. The van der Waals surface area contributed by atoms with E-state index in [1.165, 1.54) is 18.5 Å². The predicted octanol–water partition coefficient (Wildman–Crippen LogP) is 2.52. The van der Waals surface area contributed by atoms with Crippen molar-refractivity contribution in [3.05, 3.63) is 54.5 Å². The molecule has 0 aliphatic carbocycles. The molecule has 3 aromatic rings. The molecule has 0 fully saturated rings. The number of aromatic amines is 1. The number of aromatic hydroxyl groups is 1. The summed E-state index contributed by atoms with van der Waals surface area (Å²) < 4.78 is 0. The van der Waals surface area contributed by atoms with Crippen LogP contribution in [0, 0.1) is 0 Å². The van der Waals surface area contributed by atoms with Gasteiger partial charge in [-0.25, -0.2) is 0 Å². The topological polar surface area (TPSA) is 78.0 Å². The molecule has 0 radical (unpaired) electrons. The number of rotatable bonds is 2. The second-order valence-electron chi connectivity index (χ2n) is 4.17. The number of pyridine rings is 1. The average Bonchev–Trinajstić information content (AvgIpc) is 2.86. The van der Waals surface area contributed by atoms with Gasteiger partial charge in [0, 0.05) is 29.0 Å². The van der Waals surface area contributed by atoms with Crippen LogP contribution < -0.4 is 5.32 Å². The van der Waals surface area contributed by atoms with Crippen molar-refractivity contribution in [3.63, 3.8) is 0 Å². The highest BCUT2D eigenvalue weighted by atomic mass is 16.3. The number of nitrogens with zero attached hydrogens (tertiary/aromatic N) is 1. The number of nitrogens with one attached hydrogen (secondary N) is 2. The van der Waals surface area contributed by atoms with Crippen LogP contribution in [-0.4, -0.2) is 21.0 Å². The van der Waals surface area contributed by atoms with Crippen molar-refractivity contribution in [1.82, 2.24) is 9.97 Å². The quantitative estimate of drug-likeness (QED) is 0.656. The predicted molar refractivity (Wildman–Crippen MR) is 72.2 cm³/mol. The van der Waals surface area contributed by atoms with Gasteiger partial charge in [0.15, 0.2) is 0 Å². The number of benzene rings is 1. The molecule has 0 aliphatic rings. The van der Waals surface area contributed by atoms with Crippen molar-refractivity contribution >= 4 is 22.5 Å². The Morgan fingerprint density at radius 3 is 2.95 bits per heavy atom. The highest BCUT2D eigenvalue weighted by Crippen LogP contribution is 2.18. The molecule has 5 nitrogen and oxygen atoms in total. The van der Waals surface area contributed by atoms with Crippen LogP contribution in [0.2, 0.25) is 0 Å². The van der Waals surface area contributed by atoms with Gasteiger partial charge in [0.05, 0.1) is 11.8 Å². The van der Waals surface area contributed by atoms with E-state index in [1.807, 2.05) is 30.5 Å². The zero-order valence-electron chi connectivity index (χ0n) is 9.92. The largest absolute Gasteiger partial charge is 0.506 e. The van der Waals surface area contributed by atoms with Gasteiger partial charge in [-0.1, -0.05) is 0 Å². The lowest BCUT2D eigenvalue weighted by molar-refractivity contribution is 0.102. The smallest absolute Gasteiger partial charge is 0.257 e. The van der Waals surface area contributed by atoms with Crippen LogP contribution in [-0.2, 0) is 0 Å². The lowest BCUT2D eigenvalue weighted by atomic mass is 10.2.